The molecule has 5 rings (SSSR count). The van der Waals surface area contributed by atoms with E-state index < -0.39 is 0 Å². The second-order valence-corrected chi connectivity index (χ2v) is 5.81. The van der Waals surface area contributed by atoms with Gasteiger partial charge in [0.1, 0.15) is 16.7 Å². The number of anilines is 1. The average molecular weight is 318 g/mol. The summed E-state index contributed by atoms with van der Waals surface area (Å²) in [6.45, 7) is 3.70. The average Bonchev–Trinajstić information content (AvgIpc) is 3.29. The molecule has 1 aliphatic rings. The van der Waals surface area contributed by atoms with Gasteiger partial charge in [0.15, 0.2) is 0 Å². The highest BCUT2D eigenvalue weighted by molar-refractivity contribution is 5.94. The fraction of sp³-hybridized carbons (Fsp3) is 0.176. The fourth-order valence-corrected chi connectivity index (χ4v) is 3.21. The predicted molar refractivity (Wildman–Crippen MR) is 89.5 cm³/mol. The molecule has 0 atom stereocenters. The Balaban J connectivity index is 1.83. The van der Waals surface area contributed by atoms with Crippen molar-refractivity contribution in [2.75, 3.05) is 11.9 Å². The highest BCUT2D eigenvalue weighted by Crippen LogP contribution is 2.37. The van der Waals surface area contributed by atoms with Crippen molar-refractivity contribution in [1.29, 1.82) is 0 Å². The summed E-state index contributed by atoms with van der Waals surface area (Å²) in [5, 5.41) is 11.4. The molecule has 0 amide bonds. The Morgan fingerprint density at radius 1 is 1.08 bits per heavy atom. The van der Waals surface area contributed by atoms with E-state index in [1.54, 1.807) is 0 Å². The number of nitrogens with one attached hydrogen (secondary N) is 1. The van der Waals surface area contributed by atoms with Crippen molar-refractivity contribution in [1.82, 2.24) is 24.8 Å². The van der Waals surface area contributed by atoms with Crippen molar-refractivity contribution in [3.05, 3.63) is 42.1 Å². The molecule has 0 spiro atoms. The van der Waals surface area contributed by atoms with Crippen LogP contribution in [-0.4, -0.2) is 31.4 Å². The van der Waals surface area contributed by atoms with Gasteiger partial charge in [-0.1, -0.05) is 18.2 Å². The number of hydrogen-bond acceptors (Lipinski definition) is 6. The predicted octanol–water partition coefficient (Wildman–Crippen LogP) is 2.88. The molecule has 0 aliphatic carbocycles. The first-order valence-electron chi connectivity index (χ1n) is 7.81. The van der Waals surface area contributed by atoms with Crippen molar-refractivity contribution in [2.45, 2.75) is 13.5 Å². The number of pyridine rings is 1. The number of nitrogens with zero attached hydrogens (tertiary/aromatic N) is 5. The Hall–Kier alpha value is -3.22. The molecule has 24 heavy (non-hydrogen) atoms. The molecule has 4 aromatic rings. The van der Waals surface area contributed by atoms with Crippen LogP contribution in [0, 0.1) is 6.92 Å². The van der Waals surface area contributed by atoms with Gasteiger partial charge in [-0.25, -0.2) is 9.61 Å². The number of aryl methyl sites for hydroxylation is 1. The molecule has 3 aromatic heterocycles. The summed E-state index contributed by atoms with van der Waals surface area (Å²) in [6.07, 6.45) is 0. The Kier molecular flexibility index (Phi) is 2.70. The van der Waals surface area contributed by atoms with Gasteiger partial charge in [-0.05, 0) is 35.4 Å². The van der Waals surface area contributed by atoms with Crippen molar-refractivity contribution in [3.63, 3.8) is 0 Å². The van der Waals surface area contributed by atoms with Crippen LogP contribution in [-0.2, 0) is 6.54 Å². The molecule has 0 fully saturated rings. The summed E-state index contributed by atoms with van der Waals surface area (Å²) in [4.78, 5) is 9.43. The first kappa shape index (κ1) is 13.2. The largest absolute Gasteiger partial charge is 0.354 e. The molecule has 1 aliphatic heterocycles. The van der Waals surface area contributed by atoms with Crippen LogP contribution in [0.3, 0.4) is 0 Å². The molecule has 118 valence electrons. The summed E-state index contributed by atoms with van der Waals surface area (Å²) < 4.78 is 7.10. The summed E-state index contributed by atoms with van der Waals surface area (Å²) >= 11 is 0. The number of rotatable bonds is 2. The van der Waals surface area contributed by atoms with Crippen LogP contribution in [0.4, 0.5) is 5.95 Å². The highest BCUT2D eigenvalue weighted by atomic mass is 16.6. The van der Waals surface area contributed by atoms with Crippen LogP contribution < -0.4 is 5.32 Å². The van der Waals surface area contributed by atoms with E-state index in [2.05, 4.69) is 25.2 Å². The van der Waals surface area contributed by atoms with Gasteiger partial charge < -0.3 is 9.88 Å². The minimum Gasteiger partial charge on any atom is -0.354 e. The second kappa shape index (κ2) is 4.89. The molecule has 1 N–H and O–H groups in total. The van der Waals surface area contributed by atoms with E-state index in [1.807, 2.05) is 43.3 Å². The zero-order valence-electron chi connectivity index (χ0n) is 13.0. The van der Waals surface area contributed by atoms with Gasteiger partial charge in [0.25, 0.3) is 0 Å². The zero-order valence-corrected chi connectivity index (χ0v) is 13.0. The molecule has 0 unspecified atom stereocenters. The van der Waals surface area contributed by atoms with Gasteiger partial charge >= 0.3 is 0 Å². The molecular weight excluding hydrogens is 304 g/mol. The number of fused-ring (bicyclic) bond motifs is 2. The van der Waals surface area contributed by atoms with Gasteiger partial charge in [-0.3, -0.25) is 4.98 Å². The minimum absolute atomic E-state index is 0.733. The van der Waals surface area contributed by atoms with E-state index in [-0.39, 0.29) is 0 Å². The number of hydrogen-bond donors (Lipinski definition) is 1. The third-order valence-electron chi connectivity index (χ3n) is 4.26. The lowest BCUT2D eigenvalue weighted by atomic mass is 10.1. The summed E-state index contributed by atoms with van der Waals surface area (Å²) in [6, 6.07) is 11.8. The van der Waals surface area contributed by atoms with Crippen molar-refractivity contribution in [3.8, 4) is 22.6 Å². The maximum Gasteiger partial charge on any atom is 0.204 e. The third-order valence-corrected chi connectivity index (χ3v) is 4.26. The maximum absolute atomic E-state index is 4.93. The molecule has 1 aromatic carbocycles. The molecule has 7 heteroatoms. The molecule has 0 bridgehead atoms. The van der Waals surface area contributed by atoms with Crippen LogP contribution in [0.1, 0.15) is 5.69 Å². The molecule has 4 heterocycles. The van der Waals surface area contributed by atoms with E-state index in [9.17, 15) is 0 Å². The van der Waals surface area contributed by atoms with E-state index in [0.717, 1.165) is 58.4 Å². The van der Waals surface area contributed by atoms with Crippen molar-refractivity contribution < 1.29 is 4.63 Å². The monoisotopic (exact) mass is 318 g/mol. The first-order valence-corrected chi connectivity index (χ1v) is 7.81. The van der Waals surface area contributed by atoms with E-state index >= 15 is 0 Å². The van der Waals surface area contributed by atoms with Crippen molar-refractivity contribution in [2.24, 2.45) is 0 Å². The van der Waals surface area contributed by atoms with Gasteiger partial charge in [0.05, 0.1) is 11.4 Å². The van der Waals surface area contributed by atoms with Crippen LogP contribution in [0.25, 0.3) is 33.7 Å². The van der Waals surface area contributed by atoms with E-state index in [1.165, 1.54) is 0 Å². The lowest BCUT2D eigenvalue weighted by Crippen LogP contribution is -2.00. The number of aromatic nitrogens is 5. The van der Waals surface area contributed by atoms with Crippen LogP contribution in [0.15, 0.2) is 41.0 Å². The standard InChI is InChI=1S/C17H14N6O/c1-10-4-2-6-12(19-10)15-16(23-9-8-18-17(23)20-15)11-5-3-7-13-14(11)22-24-21-13/h2-7H,8-9H2,1H3,(H,18,20). The molecule has 0 saturated heterocycles. The molecule has 0 radical (unpaired) electrons. The quantitative estimate of drug-likeness (QED) is 0.612. The maximum atomic E-state index is 4.93. The fourth-order valence-electron chi connectivity index (χ4n) is 3.21. The second-order valence-electron chi connectivity index (χ2n) is 5.81. The minimum atomic E-state index is 0.733. The lowest BCUT2D eigenvalue weighted by Gasteiger charge is -2.08. The highest BCUT2D eigenvalue weighted by Gasteiger charge is 2.25. The van der Waals surface area contributed by atoms with Crippen molar-refractivity contribution >= 4 is 17.0 Å². The Bertz CT molecular complexity index is 1060. The zero-order chi connectivity index (χ0) is 16.1. The van der Waals surface area contributed by atoms with Gasteiger partial charge in [-0.2, -0.15) is 0 Å². The summed E-state index contributed by atoms with van der Waals surface area (Å²) in [7, 11) is 0. The Morgan fingerprint density at radius 2 is 2.00 bits per heavy atom. The SMILES string of the molecule is Cc1cccc(-c2nc3n(c2-c2cccc4nonc24)CCN3)n1. The van der Waals surface area contributed by atoms with E-state index in [0.29, 0.717) is 0 Å². The Labute approximate surface area is 137 Å². The van der Waals surface area contributed by atoms with Crippen LogP contribution in [0.2, 0.25) is 0 Å². The number of benzene rings is 1. The van der Waals surface area contributed by atoms with Gasteiger partial charge in [-0.15, -0.1) is 0 Å². The van der Waals surface area contributed by atoms with E-state index in [4.69, 9.17) is 9.61 Å². The molecule has 0 saturated carbocycles. The normalized spacial score (nSPS) is 13.2. The smallest absolute Gasteiger partial charge is 0.204 e. The van der Waals surface area contributed by atoms with Crippen LogP contribution >= 0.6 is 0 Å². The molecular formula is C17H14N6O. The third kappa shape index (κ3) is 1.84. The first-order chi connectivity index (χ1) is 11.8. The van der Waals surface area contributed by atoms with Gasteiger partial charge in [0, 0.05) is 24.3 Å². The topological polar surface area (TPSA) is 81.7 Å². The Morgan fingerprint density at radius 3 is 2.92 bits per heavy atom. The lowest BCUT2D eigenvalue weighted by molar-refractivity contribution is 0.315. The number of imidazole rings is 1. The van der Waals surface area contributed by atoms with Gasteiger partial charge in [0.2, 0.25) is 5.95 Å². The molecule has 7 nitrogen and oxygen atoms in total. The summed E-state index contributed by atoms with van der Waals surface area (Å²) in [5.41, 5.74) is 6.07. The van der Waals surface area contributed by atoms with Crippen LogP contribution in [0.5, 0.6) is 0 Å². The summed E-state index contributed by atoms with van der Waals surface area (Å²) in [5.74, 6) is 0.858.